The highest BCUT2D eigenvalue weighted by Gasteiger charge is 2.14. The Bertz CT molecular complexity index is 1390. The van der Waals surface area contributed by atoms with Gasteiger partial charge in [0.1, 0.15) is 5.82 Å². The van der Waals surface area contributed by atoms with Gasteiger partial charge in [-0.1, -0.05) is 6.07 Å². The van der Waals surface area contributed by atoms with Crippen molar-refractivity contribution in [3.8, 4) is 11.3 Å². The molecular formula is C24H24N8. The molecule has 0 amide bonds. The lowest BCUT2D eigenvalue weighted by molar-refractivity contribution is 0.573. The van der Waals surface area contributed by atoms with Crippen LogP contribution in [0.4, 0.5) is 17.3 Å². The quantitative estimate of drug-likeness (QED) is 0.461. The number of nitrogens with one attached hydrogen (secondary N) is 1. The first-order valence-electron chi connectivity index (χ1n) is 11.0. The fraction of sp³-hybridized carbons (Fsp3) is 0.250. The zero-order valence-corrected chi connectivity index (χ0v) is 17.9. The minimum absolute atomic E-state index is 0.699. The summed E-state index contributed by atoms with van der Waals surface area (Å²) in [4.78, 5) is 20.9. The maximum Gasteiger partial charge on any atom is 0.180 e. The van der Waals surface area contributed by atoms with Gasteiger partial charge in [-0.05, 0) is 43.5 Å². The average molecular weight is 425 g/mol. The Hall–Kier alpha value is -3.94. The van der Waals surface area contributed by atoms with Gasteiger partial charge in [0.25, 0.3) is 0 Å². The molecule has 5 aromatic rings. The number of rotatable bonds is 4. The smallest absolute Gasteiger partial charge is 0.180 e. The number of piperidine rings is 1. The van der Waals surface area contributed by atoms with Gasteiger partial charge in [0, 0.05) is 44.3 Å². The van der Waals surface area contributed by atoms with Crippen LogP contribution in [0.2, 0.25) is 0 Å². The van der Waals surface area contributed by atoms with Gasteiger partial charge in [-0.15, -0.1) is 0 Å². The summed E-state index contributed by atoms with van der Waals surface area (Å²) in [6.45, 7) is 2.16. The second kappa shape index (κ2) is 7.64. The first-order valence-corrected chi connectivity index (χ1v) is 11.0. The Kier molecular flexibility index (Phi) is 4.49. The summed E-state index contributed by atoms with van der Waals surface area (Å²) in [5.41, 5.74) is 5.59. The molecule has 6 rings (SSSR count). The number of nitrogens with zero attached hydrogens (tertiary/aromatic N) is 7. The van der Waals surface area contributed by atoms with Crippen molar-refractivity contribution in [2.75, 3.05) is 23.3 Å². The predicted molar refractivity (Wildman–Crippen MR) is 126 cm³/mol. The lowest BCUT2D eigenvalue weighted by Crippen LogP contribution is -2.29. The van der Waals surface area contributed by atoms with Crippen LogP contribution in [0.1, 0.15) is 19.3 Å². The molecule has 0 atom stereocenters. The third-order valence-corrected chi connectivity index (χ3v) is 6.09. The van der Waals surface area contributed by atoms with Crippen molar-refractivity contribution >= 4 is 34.0 Å². The van der Waals surface area contributed by atoms with E-state index >= 15 is 0 Å². The molecule has 0 unspecified atom stereocenters. The SMILES string of the molecule is Cn1cnc2ccc(-c3cn4ccnc4c(Nc4ccc(N5CCCCC5)nc4)n3)cc21. The largest absolute Gasteiger partial charge is 0.357 e. The van der Waals surface area contributed by atoms with E-state index in [0.717, 1.165) is 52.5 Å². The zero-order chi connectivity index (χ0) is 21.5. The van der Waals surface area contributed by atoms with Gasteiger partial charge in [0.15, 0.2) is 11.5 Å². The summed E-state index contributed by atoms with van der Waals surface area (Å²) in [6.07, 6.45) is 13.2. The second-order valence-electron chi connectivity index (χ2n) is 8.27. The number of aryl methyl sites for hydroxylation is 1. The molecule has 0 bridgehead atoms. The van der Waals surface area contributed by atoms with Crippen molar-refractivity contribution < 1.29 is 0 Å². The topological polar surface area (TPSA) is 76.2 Å². The Labute approximate surface area is 185 Å². The molecule has 8 nitrogen and oxygen atoms in total. The van der Waals surface area contributed by atoms with Crippen LogP contribution in [0.15, 0.2) is 61.4 Å². The van der Waals surface area contributed by atoms with Gasteiger partial charge >= 0.3 is 0 Å². The molecule has 1 aromatic carbocycles. The molecule has 1 fully saturated rings. The van der Waals surface area contributed by atoms with Crippen molar-refractivity contribution in [1.82, 2.24) is 28.9 Å². The number of anilines is 3. The van der Waals surface area contributed by atoms with E-state index in [9.17, 15) is 0 Å². The summed E-state index contributed by atoms with van der Waals surface area (Å²) >= 11 is 0. The van der Waals surface area contributed by atoms with Gasteiger partial charge in [-0.25, -0.2) is 19.9 Å². The van der Waals surface area contributed by atoms with Crippen LogP contribution in [0.3, 0.4) is 0 Å². The Morgan fingerprint density at radius 3 is 2.72 bits per heavy atom. The number of aromatic nitrogens is 6. The van der Waals surface area contributed by atoms with Crippen molar-refractivity contribution in [1.29, 1.82) is 0 Å². The first-order chi connectivity index (χ1) is 15.7. The highest BCUT2D eigenvalue weighted by molar-refractivity contribution is 5.82. The van der Waals surface area contributed by atoms with E-state index in [1.54, 1.807) is 6.20 Å². The molecule has 0 aliphatic carbocycles. The van der Waals surface area contributed by atoms with E-state index in [1.807, 2.05) is 47.0 Å². The molecule has 32 heavy (non-hydrogen) atoms. The number of hydrogen-bond acceptors (Lipinski definition) is 6. The minimum Gasteiger partial charge on any atom is -0.357 e. The van der Waals surface area contributed by atoms with Crippen LogP contribution in [0.5, 0.6) is 0 Å². The van der Waals surface area contributed by atoms with E-state index in [4.69, 9.17) is 4.98 Å². The summed E-state index contributed by atoms with van der Waals surface area (Å²) in [5, 5.41) is 3.42. The summed E-state index contributed by atoms with van der Waals surface area (Å²) in [5.74, 6) is 1.73. The Morgan fingerprint density at radius 2 is 1.88 bits per heavy atom. The normalized spacial score (nSPS) is 14.3. The van der Waals surface area contributed by atoms with Gasteiger partial charge in [-0.3, -0.25) is 0 Å². The number of hydrogen-bond donors (Lipinski definition) is 1. The molecule has 0 radical (unpaired) electrons. The number of benzene rings is 1. The van der Waals surface area contributed by atoms with Crippen LogP contribution < -0.4 is 10.2 Å². The maximum absolute atomic E-state index is 4.91. The van der Waals surface area contributed by atoms with Gasteiger partial charge in [0.05, 0.1) is 34.9 Å². The highest BCUT2D eigenvalue weighted by atomic mass is 15.2. The van der Waals surface area contributed by atoms with Crippen LogP contribution in [0, 0.1) is 0 Å². The molecule has 1 aliphatic heterocycles. The molecule has 5 heterocycles. The Balaban J connectivity index is 1.34. The summed E-state index contributed by atoms with van der Waals surface area (Å²) in [6, 6.07) is 10.3. The minimum atomic E-state index is 0.699. The van der Waals surface area contributed by atoms with Crippen LogP contribution in [-0.2, 0) is 7.05 Å². The Morgan fingerprint density at radius 1 is 0.969 bits per heavy atom. The van der Waals surface area contributed by atoms with Crippen LogP contribution in [-0.4, -0.2) is 42.0 Å². The average Bonchev–Trinajstić information content (AvgIpc) is 3.47. The van der Waals surface area contributed by atoms with E-state index in [0.29, 0.717) is 5.82 Å². The second-order valence-corrected chi connectivity index (χ2v) is 8.27. The fourth-order valence-electron chi connectivity index (χ4n) is 4.35. The fourth-order valence-corrected chi connectivity index (χ4v) is 4.35. The molecule has 1 aliphatic rings. The first kappa shape index (κ1) is 18.8. The number of fused-ring (bicyclic) bond motifs is 2. The predicted octanol–water partition coefficient (Wildman–Crippen LogP) is 4.41. The standard InChI is InChI=1S/C24H24N8/c1-30-16-27-19-7-5-17(13-21(19)30)20-15-32-12-9-25-24(32)23(29-20)28-18-6-8-22(26-14-18)31-10-3-2-4-11-31/h5-9,12-16H,2-4,10-11H2,1H3,(H,28,29). The van der Waals surface area contributed by atoms with Crippen LogP contribution in [0.25, 0.3) is 27.9 Å². The molecule has 0 spiro atoms. The number of pyridine rings is 1. The lowest BCUT2D eigenvalue weighted by atomic mass is 10.1. The molecule has 4 aromatic heterocycles. The third-order valence-electron chi connectivity index (χ3n) is 6.09. The van der Waals surface area contributed by atoms with Gasteiger partial charge in [-0.2, -0.15) is 0 Å². The number of imidazole rings is 2. The van der Waals surface area contributed by atoms with Gasteiger partial charge < -0.3 is 19.2 Å². The van der Waals surface area contributed by atoms with Gasteiger partial charge in [0.2, 0.25) is 0 Å². The van der Waals surface area contributed by atoms with Crippen molar-refractivity contribution in [2.45, 2.75) is 19.3 Å². The molecule has 1 N–H and O–H groups in total. The molecule has 160 valence electrons. The molecular weight excluding hydrogens is 400 g/mol. The van der Waals surface area contributed by atoms with Crippen molar-refractivity contribution in [3.05, 3.63) is 61.4 Å². The molecule has 8 heteroatoms. The zero-order valence-electron chi connectivity index (χ0n) is 17.9. The molecule has 1 saturated heterocycles. The summed E-state index contributed by atoms with van der Waals surface area (Å²) < 4.78 is 4.01. The highest BCUT2D eigenvalue weighted by Crippen LogP contribution is 2.27. The van der Waals surface area contributed by atoms with Crippen LogP contribution >= 0.6 is 0 Å². The van der Waals surface area contributed by atoms with E-state index in [2.05, 4.69) is 49.4 Å². The lowest BCUT2D eigenvalue weighted by Gasteiger charge is -2.27. The van der Waals surface area contributed by atoms with Crippen molar-refractivity contribution in [3.63, 3.8) is 0 Å². The van der Waals surface area contributed by atoms with Crippen molar-refractivity contribution in [2.24, 2.45) is 7.05 Å². The molecule has 0 saturated carbocycles. The maximum atomic E-state index is 4.91. The third kappa shape index (κ3) is 3.33. The van der Waals surface area contributed by atoms with E-state index in [-0.39, 0.29) is 0 Å². The van der Waals surface area contributed by atoms with E-state index < -0.39 is 0 Å². The van der Waals surface area contributed by atoms with E-state index in [1.165, 1.54) is 19.3 Å². The monoisotopic (exact) mass is 424 g/mol. The summed E-state index contributed by atoms with van der Waals surface area (Å²) in [7, 11) is 2.00.